The van der Waals surface area contributed by atoms with E-state index in [0.717, 1.165) is 38.6 Å². The van der Waals surface area contributed by atoms with Gasteiger partial charge in [-0.3, -0.25) is 9.69 Å². The molecule has 0 radical (unpaired) electrons. The number of amides is 1. The molecule has 2 fully saturated rings. The first-order valence-corrected chi connectivity index (χ1v) is 8.68. The fraction of sp³-hybridized carbons (Fsp3) is 0.588. The van der Waals surface area contributed by atoms with Crippen LogP contribution in [0.25, 0.3) is 0 Å². The van der Waals surface area contributed by atoms with Crippen LogP contribution in [-0.2, 0) is 0 Å². The molecular formula is C17H23ClFN3O. The standard InChI is InChI=1S/C17H23ClFN3O/c18-16-11-14(19)1-2-15(16)17(23)22-9-7-21(8-10-22)12-13-3-5-20-6-4-13/h1-2,11,13,20H,3-10,12H2. The molecule has 0 bridgehead atoms. The van der Waals surface area contributed by atoms with E-state index in [9.17, 15) is 9.18 Å². The Bertz CT molecular complexity index is 555. The molecule has 0 aliphatic carbocycles. The lowest BCUT2D eigenvalue weighted by Crippen LogP contribution is -2.50. The summed E-state index contributed by atoms with van der Waals surface area (Å²) in [7, 11) is 0. The van der Waals surface area contributed by atoms with Crippen LogP contribution in [0.2, 0.25) is 5.02 Å². The van der Waals surface area contributed by atoms with Crippen molar-refractivity contribution in [1.82, 2.24) is 15.1 Å². The highest BCUT2D eigenvalue weighted by Crippen LogP contribution is 2.20. The maximum atomic E-state index is 13.1. The number of carbonyl (C=O) groups is 1. The zero-order valence-corrected chi connectivity index (χ0v) is 14.0. The van der Waals surface area contributed by atoms with Gasteiger partial charge >= 0.3 is 0 Å². The molecule has 1 aromatic carbocycles. The first-order valence-electron chi connectivity index (χ1n) is 8.31. The summed E-state index contributed by atoms with van der Waals surface area (Å²) >= 11 is 6.00. The molecule has 2 heterocycles. The zero-order valence-electron chi connectivity index (χ0n) is 13.2. The first-order chi connectivity index (χ1) is 11.1. The SMILES string of the molecule is O=C(c1ccc(F)cc1Cl)N1CCN(CC2CCNCC2)CC1. The van der Waals surface area contributed by atoms with Crippen molar-refractivity contribution >= 4 is 17.5 Å². The van der Waals surface area contributed by atoms with Gasteiger partial charge < -0.3 is 10.2 Å². The summed E-state index contributed by atoms with van der Waals surface area (Å²) in [6.45, 7) is 6.57. The molecule has 2 saturated heterocycles. The largest absolute Gasteiger partial charge is 0.336 e. The van der Waals surface area contributed by atoms with Crippen LogP contribution in [0.1, 0.15) is 23.2 Å². The van der Waals surface area contributed by atoms with Gasteiger partial charge in [0.1, 0.15) is 5.82 Å². The minimum absolute atomic E-state index is 0.100. The van der Waals surface area contributed by atoms with Gasteiger partial charge in [-0.1, -0.05) is 11.6 Å². The van der Waals surface area contributed by atoms with Crippen molar-refractivity contribution in [3.05, 3.63) is 34.6 Å². The average molecular weight is 340 g/mol. The van der Waals surface area contributed by atoms with E-state index in [0.29, 0.717) is 18.7 Å². The quantitative estimate of drug-likeness (QED) is 0.917. The molecule has 23 heavy (non-hydrogen) atoms. The van der Waals surface area contributed by atoms with Crippen molar-refractivity contribution < 1.29 is 9.18 Å². The first kappa shape index (κ1) is 16.7. The second-order valence-corrected chi connectivity index (χ2v) is 6.82. The van der Waals surface area contributed by atoms with Crippen LogP contribution in [-0.4, -0.2) is 61.5 Å². The Morgan fingerprint density at radius 1 is 1.22 bits per heavy atom. The van der Waals surface area contributed by atoms with E-state index in [2.05, 4.69) is 10.2 Å². The number of halogens is 2. The number of benzene rings is 1. The summed E-state index contributed by atoms with van der Waals surface area (Å²) in [4.78, 5) is 16.8. The summed E-state index contributed by atoms with van der Waals surface area (Å²) in [6.07, 6.45) is 2.48. The number of piperidine rings is 1. The maximum absolute atomic E-state index is 13.1. The minimum atomic E-state index is -0.418. The Balaban J connectivity index is 1.52. The molecule has 0 atom stereocenters. The molecule has 0 aromatic heterocycles. The Morgan fingerprint density at radius 2 is 1.91 bits per heavy atom. The van der Waals surface area contributed by atoms with Gasteiger partial charge in [-0.25, -0.2) is 4.39 Å². The van der Waals surface area contributed by atoms with Gasteiger partial charge in [-0.2, -0.15) is 0 Å². The highest BCUT2D eigenvalue weighted by atomic mass is 35.5. The number of carbonyl (C=O) groups excluding carboxylic acids is 1. The average Bonchev–Trinajstić information content (AvgIpc) is 2.56. The lowest BCUT2D eigenvalue weighted by molar-refractivity contribution is 0.0608. The van der Waals surface area contributed by atoms with Crippen molar-refractivity contribution in [3.63, 3.8) is 0 Å². The van der Waals surface area contributed by atoms with Crippen LogP contribution in [0.3, 0.4) is 0 Å². The predicted molar refractivity (Wildman–Crippen MR) is 89.3 cm³/mol. The van der Waals surface area contributed by atoms with Gasteiger partial charge in [0.15, 0.2) is 0 Å². The third-order valence-electron chi connectivity index (χ3n) is 4.80. The number of hydrogen-bond donors (Lipinski definition) is 1. The number of rotatable bonds is 3. The number of nitrogens with one attached hydrogen (secondary N) is 1. The van der Waals surface area contributed by atoms with E-state index in [4.69, 9.17) is 11.6 Å². The van der Waals surface area contributed by atoms with E-state index in [1.165, 1.54) is 31.0 Å². The van der Waals surface area contributed by atoms with Crippen LogP contribution in [0.15, 0.2) is 18.2 Å². The van der Waals surface area contributed by atoms with E-state index >= 15 is 0 Å². The highest BCUT2D eigenvalue weighted by Gasteiger charge is 2.25. The Labute approximate surface area is 141 Å². The predicted octanol–water partition coefficient (Wildman–Crippen LogP) is 2.24. The highest BCUT2D eigenvalue weighted by molar-refractivity contribution is 6.33. The van der Waals surface area contributed by atoms with Crippen molar-refractivity contribution in [2.24, 2.45) is 5.92 Å². The fourth-order valence-corrected chi connectivity index (χ4v) is 3.64. The second kappa shape index (κ2) is 7.60. The topological polar surface area (TPSA) is 35.6 Å². The Kier molecular flexibility index (Phi) is 5.51. The molecule has 4 nitrogen and oxygen atoms in total. The van der Waals surface area contributed by atoms with Crippen molar-refractivity contribution in [3.8, 4) is 0 Å². The van der Waals surface area contributed by atoms with Crippen LogP contribution in [0.4, 0.5) is 4.39 Å². The van der Waals surface area contributed by atoms with Gasteiger partial charge in [-0.05, 0) is 50.0 Å². The molecule has 2 aliphatic heterocycles. The summed E-state index contributed by atoms with van der Waals surface area (Å²) in [5, 5.41) is 3.58. The molecule has 0 spiro atoms. The van der Waals surface area contributed by atoms with E-state index in [1.54, 1.807) is 0 Å². The van der Waals surface area contributed by atoms with Crippen LogP contribution < -0.4 is 5.32 Å². The Morgan fingerprint density at radius 3 is 2.57 bits per heavy atom. The van der Waals surface area contributed by atoms with Crippen LogP contribution in [0.5, 0.6) is 0 Å². The fourth-order valence-electron chi connectivity index (χ4n) is 3.40. The summed E-state index contributed by atoms with van der Waals surface area (Å²) in [5.74, 6) is 0.250. The van der Waals surface area contributed by atoms with E-state index < -0.39 is 5.82 Å². The summed E-state index contributed by atoms with van der Waals surface area (Å²) < 4.78 is 13.1. The molecule has 1 amide bonds. The number of nitrogens with zero attached hydrogens (tertiary/aromatic N) is 2. The summed E-state index contributed by atoms with van der Waals surface area (Å²) in [5.41, 5.74) is 0.389. The van der Waals surface area contributed by atoms with Gasteiger partial charge in [-0.15, -0.1) is 0 Å². The minimum Gasteiger partial charge on any atom is -0.336 e. The van der Waals surface area contributed by atoms with Crippen molar-refractivity contribution in [1.29, 1.82) is 0 Å². The summed E-state index contributed by atoms with van der Waals surface area (Å²) in [6, 6.07) is 3.95. The lowest BCUT2D eigenvalue weighted by atomic mass is 9.97. The van der Waals surface area contributed by atoms with E-state index in [-0.39, 0.29) is 10.9 Å². The zero-order chi connectivity index (χ0) is 16.2. The molecule has 1 N–H and O–H groups in total. The normalized spacial score (nSPS) is 20.7. The third kappa shape index (κ3) is 4.22. The molecule has 3 rings (SSSR count). The van der Waals surface area contributed by atoms with Gasteiger partial charge in [0.25, 0.3) is 5.91 Å². The molecule has 126 valence electrons. The molecule has 1 aromatic rings. The Hall–Kier alpha value is -1.17. The van der Waals surface area contributed by atoms with Crippen molar-refractivity contribution in [2.45, 2.75) is 12.8 Å². The van der Waals surface area contributed by atoms with Crippen LogP contribution in [0, 0.1) is 11.7 Å². The molecular weight excluding hydrogens is 317 g/mol. The van der Waals surface area contributed by atoms with Gasteiger partial charge in [0, 0.05) is 32.7 Å². The lowest BCUT2D eigenvalue weighted by Gasteiger charge is -2.37. The monoisotopic (exact) mass is 339 g/mol. The van der Waals surface area contributed by atoms with Gasteiger partial charge in [0.05, 0.1) is 10.6 Å². The number of hydrogen-bond acceptors (Lipinski definition) is 3. The molecule has 0 saturated carbocycles. The van der Waals surface area contributed by atoms with E-state index in [1.807, 2.05) is 4.90 Å². The van der Waals surface area contributed by atoms with Gasteiger partial charge in [0.2, 0.25) is 0 Å². The van der Waals surface area contributed by atoms with Crippen molar-refractivity contribution in [2.75, 3.05) is 45.8 Å². The smallest absolute Gasteiger partial charge is 0.255 e. The third-order valence-corrected chi connectivity index (χ3v) is 5.11. The van der Waals surface area contributed by atoms with Crippen LogP contribution >= 0.6 is 11.6 Å². The maximum Gasteiger partial charge on any atom is 0.255 e. The second-order valence-electron chi connectivity index (χ2n) is 6.41. The molecule has 2 aliphatic rings. The number of piperazine rings is 1. The molecule has 6 heteroatoms. The molecule has 0 unspecified atom stereocenters.